The number of thioether (sulfide) groups is 1. The Bertz CT molecular complexity index is 878. The number of aryl methyl sites for hydroxylation is 2. The van der Waals surface area contributed by atoms with E-state index in [1.54, 1.807) is 0 Å². The van der Waals surface area contributed by atoms with Crippen LogP contribution in [0.2, 0.25) is 0 Å². The molecule has 1 aliphatic heterocycles. The first-order chi connectivity index (χ1) is 12.0. The molecule has 1 aliphatic rings. The molecule has 1 saturated heterocycles. The zero-order chi connectivity index (χ0) is 17.8. The third-order valence-corrected chi connectivity index (χ3v) is 5.82. The topological polar surface area (TPSA) is 41.5 Å². The molecule has 5 heteroatoms. The number of carbonyl (C=O) groups excluding carboxylic acids is 1. The standard InChI is InChI=1S/C20H17BrN2OS/c1-13-11-16(12-14(2)18(13)21)22-20-23-19(24)17(25-20)10-6-9-15-7-4-3-5-8-15/h3-12H,1-2H3,(H,22,23,24)/b9-6+,17-10-. The van der Waals surface area contributed by atoms with Crippen LogP contribution < -0.4 is 5.32 Å². The van der Waals surface area contributed by atoms with Crippen molar-refractivity contribution in [1.29, 1.82) is 0 Å². The summed E-state index contributed by atoms with van der Waals surface area (Å²) in [5.74, 6) is -0.119. The van der Waals surface area contributed by atoms with Crippen molar-refractivity contribution in [3.63, 3.8) is 0 Å². The first-order valence-electron chi connectivity index (χ1n) is 7.81. The van der Waals surface area contributed by atoms with Gasteiger partial charge in [-0.2, -0.15) is 0 Å². The molecule has 0 bridgehead atoms. The number of nitrogens with one attached hydrogen (secondary N) is 1. The molecule has 0 aliphatic carbocycles. The van der Waals surface area contributed by atoms with E-state index in [1.165, 1.54) is 11.8 Å². The van der Waals surface area contributed by atoms with Gasteiger partial charge in [0.2, 0.25) is 0 Å². The Labute approximate surface area is 160 Å². The van der Waals surface area contributed by atoms with E-state index < -0.39 is 0 Å². The van der Waals surface area contributed by atoms with E-state index in [1.807, 2.05) is 74.5 Å². The molecule has 0 spiro atoms. The van der Waals surface area contributed by atoms with Crippen LogP contribution in [-0.2, 0) is 4.79 Å². The summed E-state index contributed by atoms with van der Waals surface area (Å²) in [4.78, 5) is 17.3. The van der Waals surface area contributed by atoms with Crippen LogP contribution in [0.3, 0.4) is 0 Å². The minimum atomic E-state index is -0.119. The third kappa shape index (κ3) is 4.50. The fourth-order valence-electron chi connectivity index (χ4n) is 2.41. The van der Waals surface area contributed by atoms with Crippen LogP contribution in [0, 0.1) is 13.8 Å². The van der Waals surface area contributed by atoms with Crippen LogP contribution in [0.15, 0.2) is 69.0 Å². The largest absolute Gasteiger partial charge is 0.300 e. The summed E-state index contributed by atoms with van der Waals surface area (Å²) in [6, 6.07) is 14.0. The molecule has 2 aromatic rings. The van der Waals surface area contributed by atoms with E-state index in [2.05, 4.69) is 26.2 Å². The van der Waals surface area contributed by atoms with Crippen molar-refractivity contribution in [2.45, 2.75) is 13.8 Å². The quantitative estimate of drug-likeness (QED) is 0.674. The fraction of sp³-hybridized carbons (Fsp3) is 0.100. The van der Waals surface area contributed by atoms with E-state index in [-0.39, 0.29) is 5.91 Å². The molecule has 0 atom stereocenters. The van der Waals surface area contributed by atoms with E-state index in [9.17, 15) is 4.79 Å². The Balaban J connectivity index is 1.76. The fourth-order valence-corrected chi connectivity index (χ4v) is 3.43. The Morgan fingerprint density at radius 3 is 2.48 bits per heavy atom. The van der Waals surface area contributed by atoms with Gasteiger partial charge in [0.25, 0.3) is 5.91 Å². The maximum Gasteiger partial charge on any atom is 0.264 e. The van der Waals surface area contributed by atoms with Gasteiger partial charge in [-0.3, -0.25) is 4.79 Å². The van der Waals surface area contributed by atoms with Crippen molar-refractivity contribution in [2.75, 3.05) is 0 Å². The van der Waals surface area contributed by atoms with Crippen molar-refractivity contribution in [3.05, 3.63) is 80.7 Å². The summed E-state index contributed by atoms with van der Waals surface area (Å²) in [7, 11) is 0. The number of aliphatic imine (C=N–C) groups is 1. The third-order valence-electron chi connectivity index (χ3n) is 3.64. The maximum atomic E-state index is 12.1. The second-order valence-corrected chi connectivity index (χ2v) is 7.49. The number of halogens is 1. The second kappa shape index (κ2) is 7.85. The predicted molar refractivity (Wildman–Crippen MR) is 110 cm³/mol. The molecule has 0 radical (unpaired) electrons. The van der Waals surface area contributed by atoms with Gasteiger partial charge in [0.05, 0.1) is 10.6 Å². The van der Waals surface area contributed by atoms with E-state index in [4.69, 9.17) is 0 Å². The molecular weight excluding hydrogens is 396 g/mol. The van der Waals surface area contributed by atoms with Gasteiger partial charge in [0.1, 0.15) is 0 Å². The van der Waals surface area contributed by atoms with E-state index in [0.717, 1.165) is 26.9 Å². The predicted octanol–water partition coefficient (Wildman–Crippen LogP) is 5.51. The normalized spacial score (nSPS) is 17.6. The number of allylic oxidation sites excluding steroid dienone is 2. The zero-order valence-electron chi connectivity index (χ0n) is 13.9. The minimum Gasteiger partial charge on any atom is -0.300 e. The molecule has 0 aromatic heterocycles. The van der Waals surface area contributed by atoms with Crippen LogP contribution in [0.25, 0.3) is 6.08 Å². The first kappa shape index (κ1) is 17.7. The SMILES string of the molecule is Cc1cc(N=C2NC(=O)/C(=C/C=C/c3ccccc3)S2)cc(C)c1Br. The van der Waals surface area contributed by atoms with Gasteiger partial charge in [0, 0.05) is 4.47 Å². The molecule has 3 rings (SSSR count). The average molecular weight is 413 g/mol. The van der Waals surface area contributed by atoms with Crippen molar-refractivity contribution in [1.82, 2.24) is 5.32 Å². The lowest BCUT2D eigenvalue weighted by Gasteiger charge is -2.04. The van der Waals surface area contributed by atoms with Gasteiger partial charge in [-0.15, -0.1) is 0 Å². The molecule has 25 heavy (non-hydrogen) atoms. The molecular formula is C20H17BrN2OS. The molecule has 2 aromatic carbocycles. The number of benzene rings is 2. The number of amides is 1. The molecule has 1 N–H and O–H groups in total. The van der Waals surface area contributed by atoms with Gasteiger partial charge < -0.3 is 5.32 Å². The van der Waals surface area contributed by atoms with Gasteiger partial charge in [0.15, 0.2) is 5.17 Å². The lowest BCUT2D eigenvalue weighted by molar-refractivity contribution is -0.115. The lowest BCUT2D eigenvalue weighted by Crippen LogP contribution is -2.19. The number of carbonyl (C=O) groups is 1. The summed E-state index contributed by atoms with van der Waals surface area (Å²) in [6.45, 7) is 4.06. The molecule has 1 fully saturated rings. The van der Waals surface area contributed by atoms with E-state index in [0.29, 0.717) is 10.1 Å². The maximum absolute atomic E-state index is 12.1. The Morgan fingerprint density at radius 2 is 1.80 bits per heavy atom. The van der Waals surface area contributed by atoms with Crippen LogP contribution in [0.4, 0.5) is 5.69 Å². The lowest BCUT2D eigenvalue weighted by atomic mass is 10.1. The van der Waals surface area contributed by atoms with Crippen LogP contribution in [0.5, 0.6) is 0 Å². The van der Waals surface area contributed by atoms with Crippen LogP contribution >= 0.6 is 27.7 Å². The molecule has 0 unspecified atom stereocenters. The Kier molecular flexibility index (Phi) is 5.56. The highest BCUT2D eigenvalue weighted by Gasteiger charge is 2.23. The van der Waals surface area contributed by atoms with Gasteiger partial charge >= 0.3 is 0 Å². The number of nitrogens with zero attached hydrogens (tertiary/aromatic N) is 1. The summed E-state index contributed by atoms with van der Waals surface area (Å²) in [6.07, 6.45) is 5.67. The van der Waals surface area contributed by atoms with Crippen LogP contribution in [0.1, 0.15) is 16.7 Å². The highest BCUT2D eigenvalue weighted by atomic mass is 79.9. The first-order valence-corrected chi connectivity index (χ1v) is 9.42. The number of amidine groups is 1. The molecule has 3 nitrogen and oxygen atoms in total. The summed E-state index contributed by atoms with van der Waals surface area (Å²) >= 11 is 4.90. The number of hydrogen-bond donors (Lipinski definition) is 1. The monoisotopic (exact) mass is 412 g/mol. The van der Waals surface area contributed by atoms with Crippen molar-refractivity contribution in [3.8, 4) is 0 Å². The molecule has 1 heterocycles. The average Bonchev–Trinajstić information content (AvgIpc) is 2.93. The minimum absolute atomic E-state index is 0.119. The van der Waals surface area contributed by atoms with Gasteiger partial charge in [-0.05, 0) is 60.5 Å². The van der Waals surface area contributed by atoms with Gasteiger partial charge in [-0.1, -0.05) is 58.4 Å². The Hall–Kier alpha value is -2.11. The van der Waals surface area contributed by atoms with Crippen molar-refractivity contribution >= 4 is 50.5 Å². The van der Waals surface area contributed by atoms with Crippen molar-refractivity contribution in [2.24, 2.45) is 4.99 Å². The Morgan fingerprint density at radius 1 is 1.12 bits per heavy atom. The zero-order valence-corrected chi connectivity index (χ0v) is 16.3. The highest BCUT2D eigenvalue weighted by Crippen LogP contribution is 2.30. The molecule has 0 saturated carbocycles. The van der Waals surface area contributed by atoms with Crippen LogP contribution in [-0.4, -0.2) is 11.1 Å². The molecule has 126 valence electrons. The van der Waals surface area contributed by atoms with Gasteiger partial charge in [-0.25, -0.2) is 4.99 Å². The summed E-state index contributed by atoms with van der Waals surface area (Å²) in [5.41, 5.74) is 4.17. The summed E-state index contributed by atoms with van der Waals surface area (Å²) in [5, 5.41) is 3.42. The highest BCUT2D eigenvalue weighted by molar-refractivity contribution is 9.10. The summed E-state index contributed by atoms with van der Waals surface area (Å²) < 4.78 is 1.09. The second-order valence-electron chi connectivity index (χ2n) is 5.67. The number of hydrogen-bond acceptors (Lipinski definition) is 3. The molecule has 1 amide bonds. The van der Waals surface area contributed by atoms with Crippen molar-refractivity contribution < 1.29 is 4.79 Å². The number of rotatable bonds is 3. The smallest absolute Gasteiger partial charge is 0.264 e. The van der Waals surface area contributed by atoms with E-state index >= 15 is 0 Å².